The Bertz CT molecular complexity index is 1430. The van der Waals surface area contributed by atoms with Crippen molar-refractivity contribution < 1.29 is 33.8 Å². The van der Waals surface area contributed by atoms with Crippen molar-refractivity contribution in [2.24, 2.45) is 17.6 Å². The Morgan fingerprint density at radius 3 is 2.10 bits per heavy atom. The Morgan fingerprint density at radius 2 is 1.51 bits per heavy atom. The van der Waals surface area contributed by atoms with Crippen LogP contribution in [0, 0.1) is 11.8 Å². The van der Waals surface area contributed by atoms with Crippen molar-refractivity contribution in [2.45, 2.75) is 109 Å². The minimum absolute atomic E-state index is 0.0555. The van der Waals surface area contributed by atoms with E-state index in [4.69, 9.17) is 10.5 Å². The lowest BCUT2D eigenvalue weighted by Crippen LogP contribution is -2.59. The topological polar surface area (TPSA) is 180 Å². The van der Waals surface area contributed by atoms with Crippen molar-refractivity contribution >= 4 is 29.7 Å². The van der Waals surface area contributed by atoms with Gasteiger partial charge in [0.2, 0.25) is 17.7 Å². The summed E-state index contributed by atoms with van der Waals surface area (Å²) in [7, 11) is 0. The fourth-order valence-electron chi connectivity index (χ4n) is 6.81. The third-order valence-corrected chi connectivity index (χ3v) is 9.22. The Hall–Kier alpha value is -4.45. The zero-order chi connectivity index (χ0) is 35.6. The molecule has 1 saturated carbocycles. The lowest BCUT2D eigenvalue weighted by atomic mass is 9.79. The molecule has 4 rings (SSSR count). The largest absolute Gasteiger partial charge is 0.445 e. The van der Waals surface area contributed by atoms with Gasteiger partial charge in [0, 0.05) is 12.1 Å². The third-order valence-electron chi connectivity index (χ3n) is 9.22. The minimum atomic E-state index is -1.74. The highest BCUT2D eigenvalue weighted by Gasteiger charge is 2.46. The van der Waals surface area contributed by atoms with E-state index in [1.54, 1.807) is 48.5 Å². The molecule has 0 spiro atoms. The van der Waals surface area contributed by atoms with E-state index >= 15 is 0 Å². The van der Waals surface area contributed by atoms with Gasteiger partial charge in [-0.2, -0.15) is 0 Å². The number of likely N-dealkylation sites (tertiary alicyclic amines) is 1. The molecule has 1 aliphatic carbocycles. The zero-order valence-corrected chi connectivity index (χ0v) is 28.7. The number of rotatable bonds is 13. The third kappa shape index (κ3) is 11.3. The first kappa shape index (κ1) is 37.4. The minimum Gasteiger partial charge on any atom is -0.445 e. The number of benzene rings is 2. The fraction of sp³-hybridized carbons (Fsp3) is 0.541. The number of hydrogen-bond donors (Lipinski definition) is 5. The number of primary amides is 1. The van der Waals surface area contributed by atoms with Gasteiger partial charge < -0.3 is 36.4 Å². The first-order valence-corrected chi connectivity index (χ1v) is 17.2. The highest BCUT2D eigenvalue weighted by molar-refractivity contribution is 5.93. The molecule has 0 radical (unpaired) electrons. The Morgan fingerprint density at radius 1 is 0.898 bits per heavy atom. The SMILES string of the molecule is CC(C)(C)NC(=O)[C@@H]1C[C@@H](C2CCCCC2)CN1C(=O)C(O)C(Cc1ccccc1)NC(=O)[C@H](CC(N)=O)NC(=O)OCc1ccccc1. The van der Waals surface area contributed by atoms with E-state index in [1.807, 2.05) is 32.9 Å². The zero-order valence-electron chi connectivity index (χ0n) is 28.7. The van der Waals surface area contributed by atoms with Crippen molar-refractivity contribution in [3.05, 3.63) is 71.8 Å². The second-order valence-electron chi connectivity index (χ2n) is 14.3. The summed E-state index contributed by atoms with van der Waals surface area (Å²) in [6.07, 6.45) is 2.81. The molecule has 49 heavy (non-hydrogen) atoms. The Labute approximate surface area is 288 Å². The van der Waals surface area contributed by atoms with E-state index in [1.165, 1.54) is 11.3 Å². The van der Waals surface area contributed by atoms with Crippen molar-refractivity contribution in [1.82, 2.24) is 20.9 Å². The molecular formula is C37H51N5O7. The average Bonchev–Trinajstić information content (AvgIpc) is 3.52. The molecule has 1 heterocycles. The molecular weight excluding hydrogens is 626 g/mol. The Balaban J connectivity index is 1.54. The van der Waals surface area contributed by atoms with E-state index in [-0.39, 0.29) is 24.9 Å². The van der Waals surface area contributed by atoms with E-state index in [9.17, 15) is 29.1 Å². The summed E-state index contributed by atoms with van der Waals surface area (Å²) in [5, 5.41) is 19.8. The lowest BCUT2D eigenvalue weighted by Gasteiger charge is -2.32. The summed E-state index contributed by atoms with van der Waals surface area (Å²) < 4.78 is 5.24. The first-order chi connectivity index (χ1) is 23.3. The predicted molar refractivity (Wildman–Crippen MR) is 184 cm³/mol. The molecule has 0 bridgehead atoms. The van der Waals surface area contributed by atoms with Crippen LogP contribution in [0.15, 0.2) is 60.7 Å². The summed E-state index contributed by atoms with van der Waals surface area (Å²) in [6.45, 7) is 5.88. The number of aliphatic hydroxyl groups is 1. The second-order valence-corrected chi connectivity index (χ2v) is 14.3. The molecule has 0 aromatic heterocycles. The van der Waals surface area contributed by atoms with Crippen LogP contribution in [0.2, 0.25) is 0 Å². The quantitative estimate of drug-likeness (QED) is 0.216. The Kier molecular flexibility index (Phi) is 13.2. The van der Waals surface area contributed by atoms with Gasteiger partial charge in [0.05, 0.1) is 12.5 Å². The molecule has 12 nitrogen and oxygen atoms in total. The maximum atomic E-state index is 14.2. The number of nitrogens with two attached hydrogens (primary N) is 1. The fourth-order valence-corrected chi connectivity index (χ4v) is 6.81. The molecule has 266 valence electrons. The normalized spacial score (nSPS) is 20.0. The van der Waals surface area contributed by atoms with Gasteiger partial charge in [-0.3, -0.25) is 19.2 Å². The van der Waals surface area contributed by atoms with Crippen molar-refractivity contribution in [1.29, 1.82) is 0 Å². The van der Waals surface area contributed by atoms with Crippen LogP contribution in [0.5, 0.6) is 0 Å². The number of hydrogen-bond acceptors (Lipinski definition) is 7. The van der Waals surface area contributed by atoms with Crippen LogP contribution in [0.3, 0.4) is 0 Å². The number of alkyl carbamates (subject to hydrolysis) is 1. The average molecular weight is 678 g/mol. The molecule has 2 aromatic rings. The maximum absolute atomic E-state index is 14.2. The number of carbonyl (C=O) groups is 5. The molecule has 2 unspecified atom stereocenters. The van der Waals surface area contributed by atoms with Crippen LogP contribution >= 0.6 is 0 Å². The van der Waals surface area contributed by atoms with Crippen LogP contribution in [-0.2, 0) is 36.9 Å². The van der Waals surface area contributed by atoms with Crippen LogP contribution in [0.1, 0.15) is 76.8 Å². The highest BCUT2D eigenvalue weighted by atomic mass is 16.5. The number of aliphatic hydroxyl groups excluding tert-OH is 1. The van der Waals surface area contributed by atoms with Gasteiger partial charge in [0.25, 0.3) is 5.91 Å². The lowest BCUT2D eigenvalue weighted by molar-refractivity contribution is -0.147. The van der Waals surface area contributed by atoms with Gasteiger partial charge in [0.1, 0.15) is 18.7 Å². The van der Waals surface area contributed by atoms with Crippen molar-refractivity contribution in [3.8, 4) is 0 Å². The summed E-state index contributed by atoms with van der Waals surface area (Å²) in [4.78, 5) is 67.4. The van der Waals surface area contributed by atoms with Gasteiger partial charge in [-0.15, -0.1) is 0 Å². The summed E-state index contributed by atoms with van der Waals surface area (Å²) >= 11 is 0. The molecule has 6 N–H and O–H groups in total. The van der Waals surface area contributed by atoms with E-state index < -0.39 is 60.0 Å². The van der Waals surface area contributed by atoms with Gasteiger partial charge in [0.15, 0.2) is 6.10 Å². The van der Waals surface area contributed by atoms with Crippen LogP contribution in [-0.4, -0.2) is 76.0 Å². The van der Waals surface area contributed by atoms with Gasteiger partial charge in [-0.1, -0.05) is 92.8 Å². The molecule has 2 aromatic carbocycles. The van der Waals surface area contributed by atoms with E-state index in [0.29, 0.717) is 18.9 Å². The molecule has 12 heteroatoms. The molecule has 2 aliphatic rings. The highest BCUT2D eigenvalue weighted by Crippen LogP contribution is 2.38. The predicted octanol–water partition coefficient (Wildman–Crippen LogP) is 2.96. The van der Waals surface area contributed by atoms with Crippen molar-refractivity contribution in [3.63, 3.8) is 0 Å². The number of nitrogens with one attached hydrogen (secondary N) is 3. The molecule has 2 fully saturated rings. The van der Waals surface area contributed by atoms with Crippen LogP contribution < -0.4 is 21.7 Å². The number of ether oxygens (including phenoxy) is 1. The summed E-state index contributed by atoms with van der Waals surface area (Å²) in [6, 6.07) is 14.6. The monoisotopic (exact) mass is 677 g/mol. The molecule has 5 atom stereocenters. The van der Waals surface area contributed by atoms with Gasteiger partial charge >= 0.3 is 6.09 Å². The van der Waals surface area contributed by atoms with E-state index in [0.717, 1.165) is 36.8 Å². The van der Waals surface area contributed by atoms with Gasteiger partial charge in [-0.25, -0.2) is 4.79 Å². The first-order valence-electron chi connectivity index (χ1n) is 17.2. The maximum Gasteiger partial charge on any atom is 0.408 e. The van der Waals surface area contributed by atoms with Gasteiger partial charge in [-0.05, 0) is 56.6 Å². The second kappa shape index (κ2) is 17.3. The summed E-state index contributed by atoms with van der Waals surface area (Å²) in [5.41, 5.74) is 6.34. The molecule has 5 amide bonds. The molecule has 1 aliphatic heterocycles. The standard InChI is InChI=1S/C37H51N5O7/c1-37(2,3)41-34(46)30-20-27(26-17-11-6-12-18-26)22-42(30)35(47)32(44)28(19-24-13-7-4-8-14-24)39-33(45)29(21-31(38)43)40-36(48)49-23-25-15-9-5-10-16-25/h4-5,7-10,13-16,26-30,32,44H,6,11-12,17-23H2,1-3H3,(H2,38,43)(H,39,45)(H,40,48)(H,41,46)/t27-,28?,29+,30+,32?/m1/s1. The van der Waals surface area contributed by atoms with Crippen molar-refractivity contribution in [2.75, 3.05) is 6.54 Å². The number of nitrogens with zero attached hydrogens (tertiary/aromatic N) is 1. The molecule has 1 saturated heterocycles. The van der Waals surface area contributed by atoms with Crippen LogP contribution in [0.25, 0.3) is 0 Å². The summed E-state index contributed by atoms with van der Waals surface area (Å²) in [5.74, 6) is -2.13. The van der Waals surface area contributed by atoms with Crippen LogP contribution in [0.4, 0.5) is 4.79 Å². The smallest absolute Gasteiger partial charge is 0.408 e. The van der Waals surface area contributed by atoms with E-state index in [2.05, 4.69) is 16.0 Å². The number of amides is 5. The number of carbonyl (C=O) groups excluding carboxylic acids is 5.